The van der Waals surface area contributed by atoms with Crippen molar-refractivity contribution in [2.75, 3.05) is 29.9 Å². The van der Waals surface area contributed by atoms with Gasteiger partial charge in [0.25, 0.3) is 5.91 Å². The van der Waals surface area contributed by atoms with Crippen LogP contribution in [0.15, 0.2) is 36.5 Å². The molecule has 5 rings (SSSR count). The van der Waals surface area contributed by atoms with E-state index in [0.717, 1.165) is 49.5 Å². The van der Waals surface area contributed by atoms with Crippen LogP contribution in [0.3, 0.4) is 0 Å². The summed E-state index contributed by atoms with van der Waals surface area (Å²) in [5, 5.41) is 9.15. The van der Waals surface area contributed by atoms with Crippen LogP contribution >= 0.6 is 12.2 Å². The van der Waals surface area contributed by atoms with Gasteiger partial charge in [0, 0.05) is 12.2 Å². The molecule has 0 radical (unpaired) electrons. The number of amides is 1. The number of likely N-dealkylation sites (N-methyl/N-ethyl adjacent to an activating group) is 1. The maximum absolute atomic E-state index is 13.6. The quantitative estimate of drug-likeness (QED) is 0.555. The van der Waals surface area contributed by atoms with Gasteiger partial charge in [0.1, 0.15) is 23.5 Å². The van der Waals surface area contributed by atoms with E-state index in [1.807, 2.05) is 24.3 Å². The van der Waals surface area contributed by atoms with Crippen molar-refractivity contribution in [3.8, 4) is 11.8 Å². The fourth-order valence-electron chi connectivity index (χ4n) is 5.17. The molecule has 1 aliphatic carbocycles. The number of alkyl halides is 3. The topological polar surface area (TPSA) is 72.7 Å². The number of pyridine rings is 1. The van der Waals surface area contributed by atoms with Gasteiger partial charge in [-0.05, 0) is 88.2 Å². The summed E-state index contributed by atoms with van der Waals surface area (Å²) in [6.45, 7) is 1.90. The fraction of sp³-hybridized carbons (Fsp3) is 0.440. The molecule has 1 atom stereocenters. The number of carbonyl (C=O) groups excluding carboxylic acids is 1. The van der Waals surface area contributed by atoms with Gasteiger partial charge < -0.3 is 14.5 Å². The van der Waals surface area contributed by atoms with Crippen LogP contribution in [-0.4, -0.2) is 52.7 Å². The van der Waals surface area contributed by atoms with Crippen LogP contribution in [0.4, 0.5) is 24.5 Å². The van der Waals surface area contributed by atoms with Gasteiger partial charge in [-0.3, -0.25) is 9.69 Å². The summed E-state index contributed by atoms with van der Waals surface area (Å²) in [5.74, 6) is 0.324. The minimum Gasteiger partial charge on any atom is -0.489 e. The number of carbonyl (C=O) groups is 1. The van der Waals surface area contributed by atoms with E-state index in [1.54, 1.807) is 4.90 Å². The summed E-state index contributed by atoms with van der Waals surface area (Å²) < 4.78 is 46.8. The first-order valence-electron chi connectivity index (χ1n) is 11.8. The zero-order chi connectivity index (χ0) is 25.7. The van der Waals surface area contributed by atoms with Gasteiger partial charge in [-0.15, -0.1) is 0 Å². The summed E-state index contributed by atoms with van der Waals surface area (Å²) in [6, 6.07) is 9.53. The van der Waals surface area contributed by atoms with Gasteiger partial charge in [-0.1, -0.05) is 0 Å². The molecule has 2 saturated heterocycles. The second-order valence-electron chi connectivity index (χ2n) is 9.48. The highest BCUT2D eigenvalue weighted by atomic mass is 32.1. The van der Waals surface area contributed by atoms with E-state index < -0.39 is 23.0 Å². The Kier molecular flexibility index (Phi) is 6.12. The second-order valence-corrected chi connectivity index (χ2v) is 9.85. The molecule has 36 heavy (non-hydrogen) atoms. The van der Waals surface area contributed by atoms with Crippen molar-refractivity contribution < 1.29 is 22.7 Å². The molecule has 188 valence electrons. The van der Waals surface area contributed by atoms with Gasteiger partial charge in [0.15, 0.2) is 10.8 Å². The SMILES string of the molecule is CN1CCCC(Oc2ccc(N3C(=S)N(c4cnc(C#N)c(C(F)(F)F)c4)C(=O)C34CCC4)cc2)C1. The lowest BCUT2D eigenvalue weighted by atomic mass is 9.75. The molecule has 1 unspecified atom stereocenters. The summed E-state index contributed by atoms with van der Waals surface area (Å²) in [7, 11) is 2.06. The van der Waals surface area contributed by atoms with Gasteiger partial charge in [-0.25, -0.2) is 4.98 Å². The largest absolute Gasteiger partial charge is 0.489 e. The maximum Gasteiger partial charge on any atom is 0.419 e. The van der Waals surface area contributed by atoms with E-state index in [9.17, 15) is 18.0 Å². The van der Waals surface area contributed by atoms with Crippen LogP contribution in [0.1, 0.15) is 43.4 Å². The Labute approximate surface area is 212 Å². The van der Waals surface area contributed by atoms with Gasteiger partial charge in [0.2, 0.25) is 0 Å². The minimum atomic E-state index is -4.80. The fourth-order valence-corrected chi connectivity index (χ4v) is 5.64. The third-order valence-corrected chi connectivity index (χ3v) is 7.48. The Morgan fingerprint density at radius 2 is 1.92 bits per heavy atom. The Morgan fingerprint density at radius 1 is 1.19 bits per heavy atom. The summed E-state index contributed by atoms with van der Waals surface area (Å²) in [4.78, 5) is 22.3. The van der Waals surface area contributed by atoms with Crippen molar-refractivity contribution >= 4 is 34.6 Å². The molecule has 2 aliphatic heterocycles. The molecular weight excluding hydrogens is 491 g/mol. The lowest BCUT2D eigenvalue weighted by molar-refractivity contribution is -0.138. The Bertz CT molecular complexity index is 1240. The molecule has 7 nitrogen and oxygen atoms in total. The highest BCUT2D eigenvalue weighted by molar-refractivity contribution is 7.81. The maximum atomic E-state index is 13.6. The summed E-state index contributed by atoms with van der Waals surface area (Å²) >= 11 is 5.65. The van der Waals surface area contributed by atoms with Crippen molar-refractivity contribution in [1.82, 2.24) is 9.88 Å². The number of anilines is 2. The number of halogens is 3. The Morgan fingerprint density at radius 3 is 2.50 bits per heavy atom. The third-order valence-electron chi connectivity index (χ3n) is 7.11. The number of ether oxygens (including phenoxy) is 1. The molecule has 2 aromatic rings. The number of nitriles is 1. The molecule has 1 saturated carbocycles. The molecule has 1 aromatic carbocycles. The van der Waals surface area contributed by atoms with E-state index in [1.165, 1.54) is 6.07 Å². The number of benzene rings is 1. The first-order chi connectivity index (χ1) is 17.1. The lowest BCUT2D eigenvalue weighted by Crippen LogP contribution is -2.55. The highest BCUT2D eigenvalue weighted by Crippen LogP contribution is 2.48. The predicted octanol–water partition coefficient (Wildman–Crippen LogP) is 4.51. The summed E-state index contributed by atoms with van der Waals surface area (Å²) in [5.41, 5.74) is -2.33. The van der Waals surface area contributed by atoms with Gasteiger partial charge in [0.05, 0.1) is 17.4 Å². The standard InChI is InChI=1S/C25H24F3N5O2S/c1-31-11-2-4-19(15-31)35-18-7-5-16(6-8-18)33-23(36)32(22(34)24(33)9-3-10-24)17-12-20(25(26,27)28)21(13-29)30-14-17/h5-8,12,14,19H,2-4,9-11,15H2,1H3. The number of thiocarbonyl (C=S) groups is 1. The van der Waals surface area contributed by atoms with E-state index in [0.29, 0.717) is 24.3 Å². The van der Waals surface area contributed by atoms with Crippen molar-refractivity contribution in [3.63, 3.8) is 0 Å². The molecule has 1 aromatic heterocycles. The van der Waals surface area contributed by atoms with Crippen LogP contribution in [-0.2, 0) is 11.0 Å². The number of aromatic nitrogens is 1. The first-order valence-corrected chi connectivity index (χ1v) is 12.2. The molecule has 3 fully saturated rings. The number of hydrogen-bond acceptors (Lipinski definition) is 6. The average Bonchev–Trinajstić information content (AvgIpc) is 3.05. The zero-order valence-electron chi connectivity index (χ0n) is 19.6. The van der Waals surface area contributed by atoms with E-state index >= 15 is 0 Å². The van der Waals surface area contributed by atoms with Crippen LogP contribution in [0.25, 0.3) is 0 Å². The molecule has 1 amide bonds. The number of piperidine rings is 1. The molecule has 3 heterocycles. The van der Waals surface area contributed by atoms with Crippen molar-refractivity contribution in [3.05, 3.63) is 47.8 Å². The molecule has 0 N–H and O–H groups in total. The van der Waals surface area contributed by atoms with Crippen molar-refractivity contribution in [1.29, 1.82) is 5.26 Å². The monoisotopic (exact) mass is 515 g/mol. The Hall–Kier alpha value is -3.23. The number of hydrogen-bond donors (Lipinski definition) is 0. The second kappa shape index (κ2) is 9.01. The first kappa shape index (κ1) is 24.5. The van der Waals surface area contributed by atoms with E-state index in [4.69, 9.17) is 22.2 Å². The van der Waals surface area contributed by atoms with Gasteiger partial charge >= 0.3 is 6.18 Å². The van der Waals surface area contributed by atoms with Crippen LogP contribution in [0, 0.1) is 11.3 Å². The van der Waals surface area contributed by atoms with Crippen LogP contribution in [0.5, 0.6) is 5.75 Å². The average molecular weight is 516 g/mol. The van der Waals surface area contributed by atoms with E-state index in [2.05, 4.69) is 16.9 Å². The smallest absolute Gasteiger partial charge is 0.419 e. The van der Waals surface area contributed by atoms with E-state index in [-0.39, 0.29) is 22.8 Å². The van der Waals surface area contributed by atoms with Crippen LogP contribution < -0.4 is 14.5 Å². The third kappa shape index (κ3) is 4.08. The molecule has 3 aliphatic rings. The predicted molar refractivity (Wildman–Crippen MR) is 131 cm³/mol. The normalized spacial score (nSPS) is 22.0. The van der Waals surface area contributed by atoms with Gasteiger partial charge in [-0.2, -0.15) is 18.4 Å². The minimum absolute atomic E-state index is 0.0851. The highest BCUT2D eigenvalue weighted by Gasteiger charge is 2.59. The molecular formula is C25H24F3N5O2S. The molecule has 11 heteroatoms. The zero-order valence-corrected chi connectivity index (χ0v) is 20.4. The van der Waals surface area contributed by atoms with Crippen LogP contribution in [0.2, 0.25) is 0 Å². The molecule has 0 bridgehead atoms. The number of nitrogens with zero attached hydrogens (tertiary/aromatic N) is 5. The molecule has 1 spiro atoms. The van der Waals surface area contributed by atoms with Crippen molar-refractivity contribution in [2.24, 2.45) is 0 Å². The number of likely N-dealkylation sites (tertiary alicyclic amines) is 1. The van der Waals surface area contributed by atoms with Crippen molar-refractivity contribution in [2.45, 2.75) is 49.9 Å². The lowest BCUT2D eigenvalue weighted by Gasteiger charge is -2.43. The summed E-state index contributed by atoms with van der Waals surface area (Å²) in [6.07, 6.45) is 0.311. The number of rotatable bonds is 4. The Balaban J connectivity index is 1.44.